The summed E-state index contributed by atoms with van der Waals surface area (Å²) >= 11 is 0. The molecule has 1 heterocycles. The Labute approximate surface area is 95.5 Å². The fourth-order valence-electron chi connectivity index (χ4n) is 1.75. The van der Waals surface area contributed by atoms with Crippen LogP contribution in [-0.2, 0) is 0 Å². The summed E-state index contributed by atoms with van der Waals surface area (Å²) in [5.41, 5.74) is 2.12. The Balaban J connectivity index is 2.63. The van der Waals surface area contributed by atoms with E-state index in [-0.39, 0.29) is 0 Å². The van der Waals surface area contributed by atoms with Crippen molar-refractivity contribution in [2.45, 2.75) is 13.0 Å². The highest BCUT2D eigenvalue weighted by molar-refractivity contribution is 5.85. The molecule has 1 atom stereocenters. The first kappa shape index (κ1) is 10.9. The number of pyridine rings is 1. The summed E-state index contributed by atoms with van der Waals surface area (Å²) in [6, 6.07) is 8.48. The number of nitrogens with one attached hydrogen (secondary N) is 1. The van der Waals surface area contributed by atoms with Crippen molar-refractivity contribution in [3.8, 4) is 5.75 Å². The Bertz CT molecular complexity index is 496. The Kier molecular flexibility index (Phi) is 3.06. The number of hydrogen-bond donors (Lipinski definition) is 1. The zero-order valence-corrected chi connectivity index (χ0v) is 9.82. The SMILES string of the molecule is CNC(C)c1cc(OC)c2ncccc2c1. The summed E-state index contributed by atoms with van der Waals surface area (Å²) in [5, 5.41) is 4.33. The molecule has 0 aliphatic rings. The molecule has 3 heteroatoms. The molecular weight excluding hydrogens is 200 g/mol. The topological polar surface area (TPSA) is 34.1 Å². The van der Waals surface area contributed by atoms with Crippen molar-refractivity contribution in [2.75, 3.05) is 14.2 Å². The van der Waals surface area contributed by atoms with E-state index >= 15 is 0 Å². The second-order valence-electron chi connectivity index (χ2n) is 3.81. The van der Waals surface area contributed by atoms with Crippen LogP contribution in [0.1, 0.15) is 18.5 Å². The number of ether oxygens (including phenoxy) is 1. The number of nitrogens with zero attached hydrogens (tertiary/aromatic N) is 1. The summed E-state index contributed by atoms with van der Waals surface area (Å²) in [7, 11) is 3.63. The Morgan fingerprint density at radius 3 is 2.88 bits per heavy atom. The smallest absolute Gasteiger partial charge is 0.145 e. The van der Waals surface area contributed by atoms with Crippen molar-refractivity contribution in [3.05, 3.63) is 36.0 Å². The molecule has 2 rings (SSSR count). The molecule has 1 unspecified atom stereocenters. The van der Waals surface area contributed by atoms with Crippen LogP contribution in [0.3, 0.4) is 0 Å². The van der Waals surface area contributed by atoms with Crippen LogP contribution in [0.15, 0.2) is 30.5 Å². The number of hydrogen-bond acceptors (Lipinski definition) is 3. The van der Waals surface area contributed by atoms with Crippen molar-refractivity contribution in [1.82, 2.24) is 10.3 Å². The number of methoxy groups -OCH3 is 1. The predicted octanol–water partition coefficient (Wildman–Crippen LogP) is 2.52. The van der Waals surface area contributed by atoms with E-state index in [1.807, 2.05) is 19.2 Å². The van der Waals surface area contributed by atoms with Crippen molar-refractivity contribution in [2.24, 2.45) is 0 Å². The Morgan fingerprint density at radius 1 is 1.38 bits per heavy atom. The molecule has 0 bridgehead atoms. The van der Waals surface area contributed by atoms with Crippen molar-refractivity contribution in [1.29, 1.82) is 0 Å². The minimum atomic E-state index is 0.304. The quantitative estimate of drug-likeness (QED) is 0.856. The van der Waals surface area contributed by atoms with Crippen LogP contribution < -0.4 is 10.1 Å². The molecule has 16 heavy (non-hydrogen) atoms. The van der Waals surface area contributed by atoms with Gasteiger partial charge in [-0.3, -0.25) is 4.98 Å². The van der Waals surface area contributed by atoms with E-state index in [2.05, 4.69) is 29.4 Å². The van der Waals surface area contributed by atoms with Gasteiger partial charge in [0.25, 0.3) is 0 Å². The molecule has 0 saturated heterocycles. The number of rotatable bonds is 3. The lowest BCUT2D eigenvalue weighted by Gasteiger charge is -2.13. The van der Waals surface area contributed by atoms with E-state index in [0.717, 1.165) is 16.7 Å². The molecule has 3 nitrogen and oxygen atoms in total. The lowest BCUT2D eigenvalue weighted by molar-refractivity contribution is 0.417. The van der Waals surface area contributed by atoms with E-state index in [4.69, 9.17) is 4.74 Å². The third kappa shape index (κ3) is 1.86. The van der Waals surface area contributed by atoms with E-state index in [9.17, 15) is 0 Å². The first-order chi connectivity index (χ1) is 7.76. The molecule has 1 aromatic carbocycles. The minimum absolute atomic E-state index is 0.304. The van der Waals surface area contributed by atoms with Crippen molar-refractivity contribution < 1.29 is 4.74 Å². The van der Waals surface area contributed by atoms with Gasteiger partial charge in [-0.1, -0.05) is 6.07 Å². The van der Waals surface area contributed by atoms with E-state index < -0.39 is 0 Å². The highest BCUT2D eigenvalue weighted by atomic mass is 16.5. The van der Waals surface area contributed by atoms with Gasteiger partial charge >= 0.3 is 0 Å². The second kappa shape index (κ2) is 4.49. The molecule has 1 N–H and O–H groups in total. The molecule has 0 amide bonds. The Morgan fingerprint density at radius 2 is 2.19 bits per heavy atom. The zero-order chi connectivity index (χ0) is 11.5. The summed E-state index contributed by atoms with van der Waals surface area (Å²) in [6.07, 6.45) is 1.78. The molecule has 0 fully saturated rings. The van der Waals surface area contributed by atoms with Crippen LogP contribution in [0.4, 0.5) is 0 Å². The van der Waals surface area contributed by atoms with Crippen LogP contribution in [0.5, 0.6) is 5.75 Å². The van der Waals surface area contributed by atoms with Gasteiger partial charge in [-0.15, -0.1) is 0 Å². The number of aromatic nitrogens is 1. The monoisotopic (exact) mass is 216 g/mol. The zero-order valence-electron chi connectivity index (χ0n) is 9.82. The molecule has 2 aromatic rings. The molecule has 0 radical (unpaired) electrons. The van der Waals surface area contributed by atoms with Gasteiger partial charge in [-0.05, 0) is 37.7 Å². The van der Waals surface area contributed by atoms with E-state index in [1.165, 1.54) is 5.56 Å². The minimum Gasteiger partial charge on any atom is -0.494 e. The first-order valence-corrected chi connectivity index (χ1v) is 5.36. The van der Waals surface area contributed by atoms with Gasteiger partial charge < -0.3 is 10.1 Å². The summed E-state index contributed by atoms with van der Waals surface area (Å²) < 4.78 is 5.37. The van der Waals surface area contributed by atoms with Crippen molar-refractivity contribution >= 4 is 10.9 Å². The maximum absolute atomic E-state index is 5.37. The van der Waals surface area contributed by atoms with Gasteiger partial charge in [-0.25, -0.2) is 0 Å². The van der Waals surface area contributed by atoms with Gasteiger partial charge in [0.2, 0.25) is 0 Å². The van der Waals surface area contributed by atoms with Gasteiger partial charge in [0.15, 0.2) is 0 Å². The summed E-state index contributed by atoms with van der Waals surface area (Å²) in [5.74, 6) is 0.829. The van der Waals surface area contributed by atoms with Crippen molar-refractivity contribution in [3.63, 3.8) is 0 Å². The predicted molar refractivity (Wildman–Crippen MR) is 65.8 cm³/mol. The van der Waals surface area contributed by atoms with Crippen LogP contribution in [0.25, 0.3) is 10.9 Å². The molecular formula is C13H16N2O. The van der Waals surface area contributed by atoms with Gasteiger partial charge in [-0.2, -0.15) is 0 Å². The average Bonchev–Trinajstić information content (AvgIpc) is 2.36. The average molecular weight is 216 g/mol. The second-order valence-corrected chi connectivity index (χ2v) is 3.81. The Hall–Kier alpha value is -1.61. The van der Waals surface area contributed by atoms with Gasteiger partial charge in [0.1, 0.15) is 11.3 Å². The highest BCUT2D eigenvalue weighted by Gasteiger charge is 2.08. The third-order valence-corrected chi connectivity index (χ3v) is 2.85. The lowest BCUT2D eigenvalue weighted by atomic mass is 10.0. The van der Waals surface area contributed by atoms with Crippen LogP contribution in [-0.4, -0.2) is 19.1 Å². The summed E-state index contributed by atoms with van der Waals surface area (Å²) in [6.45, 7) is 2.12. The summed E-state index contributed by atoms with van der Waals surface area (Å²) in [4.78, 5) is 4.33. The lowest BCUT2D eigenvalue weighted by Crippen LogP contribution is -2.12. The van der Waals surface area contributed by atoms with Gasteiger partial charge in [0, 0.05) is 17.6 Å². The maximum atomic E-state index is 5.37. The fraction of sp³-hybridized carbons (Fsp3) is 0.308. The first-order valence-electron chi connectivity index (χ1n) is 5.36. The van der Waals surface area contributed by atoms with E-state index in [1.54, 1.807) is 13.3 Å². The molecule has 84 valence electrons. The number of benzene rings is 1. The highest BCUT2D eigenvalue weighted by Crippen LogP contribution is 2.28. The number of fused-ring (bicyclic) bond motifs is 1. The molecule has 1 aromatic heterocycles. The van der Waals surface area contributed by atoms with Crippen LogP contribution >= 0.6 is 0 Å². The molecule has 0 aliphatic heterocycles. The standard InChI is InChI=1S/C13H16N2O/c1-9(14-2)11-7-10-5-4-6-15-13(10)12(8-11)16-3/h4-9,14H,1-3H3. The molecule has 0 aliphatic carbocycles. The molecule has 0 saturated carbocycles. The van der Waals surface area contributed by atoms with Gasteiger partial charge in [0.05, 0.1) is 7.11 Å². The van der Waals surface area contributed by atoms with Crippen LogP contribution in [0, 0.1) is 0 Å². The van der Waals surface area contributed by atoms with E-state index in [0.29, 0.717) is 6.04 Å². The normalized spacial score (nSPS) is 12.7. The maximum Gasteiger partial charge on any atom is 0.145 e. The largest absolute Gasteiger partial charge is 0.494 e. The van der Waals surface area contributed by atoms with Crippen LogP contribution in [0.2, 0.25) is 0 Å². The fourth-order valence-corrected chi connectivity index (χ4v) is 1.75. The third-order valence-electron chi connectivity index (χ3n) is 2.85. The molecule has 0 spiro atoms.